The number of rotatable bonds is 8. The van der Waals surface area contributed by atoms with E-state index in [1.54, 1.807) is 12.1 Å². The molecule has 0 heterocycles. The van der Waals surface area contributed by atoms with Crippen molar-refractivity contribution < 1.29 is 14.3 Å². The van der Waals surface area contributed by atoms with E-state index in [1.165, 1.54) is 0 Å². The highest BCUT2D eigenvalue weighted by Gasteiger charge is 2.14. The Bertz CT molecular complexity index is 716. The number of benzene rings is 2. The van der Waals surface area contributed by atoms with Crippen molar-refractivity contribution in [3.63, 3.8) is 0 Å². The van der Waals surface area contributed by atoms with E-state index in [-0.39, 0.29) is 5.91 Å². The Morgan fingerprint density at radius 3 is 2.68 bits per heavy atom. The Labute approximate surface area is 157 Å². The second-order valence-corrected chi connectivity index (χ2v) is 7.00. The van der Waals surface area contributed by atoms with Crippen molar-refractivity contribution >= 4 is 27.5 Å². The monoisotopic (exact) mass is 405 g/mol. The lowest BCUT2D eigenvalue weighted by Gasteiger charge is -2.12. The second-order valence-electron chi connectivity index (χ2n) is 6.09. The first-order chi connectivity index (χ1) is 12.0. The van der Waals surface area contributed by atoms with Crippen molar-refractivity contribution in [1.82, 2.24) is 0 Å². The summed E-state index contributed by atoms with van der Waals surface area (Å²) in [5.74, 6) is 1.69. The van der Waals surface area contributed by atoms with Crippen molar-refractivity contribution in [2.24, 2.45) is 5.92 Å². The Morgan fingerprint density at radius 1 is 1.16 bits per heavy atom. The van der Waals surface area contributed by atoms with Gasteiger partial charge in [0, 0.05) is 16.2 Å². The summed E-state index contributed by atoms with van der Waals surface area (Å²) in [6.07, 6.45) is 0.992. The summed E-state index contributed by atoms with van der Waals surface area (Å²) in [5.41, 5.74) is 1.18. The van der Waals surface area contributed by atoms with Gasteiger partial charge in [-0.2, -0.15) is 0 Å². The highest BCUT2D eigenvalue weighted by molar-refractivity contribution is 9.10. The SMILES string of the molecule is CCOc1ccc(Br)cc1C(=O)Nc1cccc(OCCC(C)C)c1. The van der Waals surface area contributed by atoms with Crippen molar-refractivity contribution in [1.29, 1.82) is 0 Å². The minimum absolute atomic E-state index is 0.218. The molecule has 0 fully saturated rings. The first-order valence-corrected chi connectivity index (χ1v) is 9.25. The average molecular weight is 406 g/mol. The fourth-order valence-corrected chi connectivity index (χ4v) is 2.60. The molecule has 25 heavy (non-hydrogen) atoms. The normalized spacial score (nSPS) is 10.6. The van der Waals surface area contributed by atoms with E-state index in [4.69, 9.17) is 9.47 Å². The third kappa shape index (κ3) is 6.09. The van der Waals surface area contributed by atoms with Gasteiger partial charge in [-0.05, 0) is 49.6 Å². The van der Waals surface area contributed by atoms with Crippen LogP contribution in [0.5, 0.6) is 11.5 Å². The van der Waals surface area contributed by atoms with Crippen molar-refractivity contribution in [2.75, 3.05) is 18.5 Å². The Balaban J connectivity index is 2.09. The molecule has 0 spiro atoms. The molecule has 4 nitrogen and oxygen atoms in total. The molecule has 5 heteroatoms. The number of anilines is 1. The maximum Gasteiger partial charge on any atom is 0.259 e. The quantitative estimate of drug-likeness (QED) is 0.628. The standard InChI is InChI=1S/C20H24BrNO3/c1-4-24-19-9-8-15(21)12-18(19)20(23)22-16-6-5-7-17(13-16)25-11-10-14(2)3/h5-9,12-14H,4,10-11H2,1-3H3,(H,22,23). The fourth-order valence-electron chi connectivity index (χ4n) is 2.24. The maximum atomic E-state index is 12.6. The molecule has 2 rings (SSSR count). The maximum absolute atomic E-state index is 12.6. The summed E-state index contributed by atoms with van der Waals surface area (Å²) in [4.78, 5) is 12.6. The Kier molecular flexibility index (Phi) is 7.31. The first-order valence-electron chi connectivity index (χ1n) is 8.46. The number of nitrogens with one attached hydrogen (secondary N) is 1. The van der Waals surface area contributed by atoms with Crippen molar-refractivity contribution in [3.8, 4) is 11.5 Å². The molecular weight excluding hydrogens is 382 g/mol. The third-order valence-electron chi connectivity index (χ3n) is 3.54. The lowest BCUT2D eigenvalue weighted by molar-refractivity contribution is 0.102. The zero-order chi connectivity index (χ0) is 18.2. The van der Waals surface area contributed by atoms with E-state index in [2.05, 4.69) is 35.1 Å². The minimum Gasteiger partial charge on any atom is -0.494 e. The number of carbonyl (C=O) groups is 1. The van der Waals surface area contributed by atoms with Crippen LogP contribution in [0, 0.1) is 5.92 Å². The zero-order valence-corrected chi connectivity index (χ0v) is 16.4. The Morgan fingerprint density at radius 2 is 1.96 bits per heavy atom. The van der Waals surface area contributed by atoms with Crippen LogP contribution in [0.1, 0.15) is 37.6 Å². The van der Waals surface area contributed by atoms with Crippen molar-refractivity contribution in [2.45, 2.75) is 27.2 Å². The minimum atomic E-state index is -0.218. The molecule has 0 bridgehead atoms. The molecule has 2 aromatic rings. The largest absolute Gasteiger partial charge is 0.494 e. The fraction of sp³-hybridized carbons (Fsp3) is 0.350. The van der Waals surface area contributed by atoms with Crippen LogP contribution in [-0.2, 0) is 0 Å². The molecule has 2 aromatic carbocycles. The lowest BCUT2D eigenvalue weighted by atomic mass is 10.1. The third-order valence-corrected chi connectivity index (χ3v) is 4.04. The number of halogens is 1. The number of hydrogen-bond acceptors (Lipinski definition) is 3. The number of hydrogen-bond donors (Lipinski definition) is 1. The van der Waals surface area contributed by atoms with Gasteiger partial charge in [0.2, 0.25) is 0 Å². The van der Waals surface area contributed by atoms with Gasteiger partial charge in [-0.1, -0.05) is 35.8 Å². The van der Waals surface area contributed by atoms with Crippen LogP contribution >= 0.6 is 15.9 Å². The van der Waals surface area contributed by atoms with Crippen molar-refractivity contribution in [3.05, 3.63) is 52.5 Å². The van der Waals surface area contributed by atoms with Gasteiger partial charge in [0.1, 0.15) is 11.5 Å². The number of amides is 1. The molecule has 0 radical (unpaired) electrons. The van der Waals surface area contributed by atoms with Gasteiger partial charge in [0.05, 0.1) is 18.8 Å². The van der Waals surface area contributed by atoms with Crippen LogP contribution in [0.4, 0.5) is 5.69 Å². The summed E-state index contributed by atoms with van der Waals surface area (Å²) in [7, 11) is 0. The van der Waals surface area contributed by atoms with Crippen LogP contribution < -0.4 is 14.8 Å². The zero-order valence-electron chi connectivity index (χ0n) is 14.8. The smallest absolute Gasteiger partial charge is 0.259 e. The van der Waals surface area contributed by atoms with E-state index in [1.807, 2.05) is 37.3 Å². The summed E-state index contributed by atoms with van der Waals surface area (Å²) >= 11 is 3.40. The topological polar surface area (TPSA) is 47.6 Å². The molecule has 0 unspecified atom stereocenters. The van der Waals surface area contributed by atoms with Gasteiger partial charge in [0.25, 0.3) is 5.91 Å². The van der Waals surface area contributed by atoms with Crippen LogP contribution in [0.3, 0.4) is 0 Å². The number of carbonyl (C=O) groups excluding carboxylic acids is 1. The summed E-state index contributed by atoms with van der Waals surface area (Å²) in [6, 6.07) is 12.8. The molecule has 0 aromatic heterocycles. The molecular formula is C20H24BrNO3. The highest BCUT2D eigenvalue weighted by atomic mass is 79.9. The van der Waals surface area contributed by atoms with E-state index in [0.29, 0.717) is 36.1 Å². The summed E-state index contributed by atoms with van der Waals surface area (Å²) < 4.78 is 12.1. The molecule has 0 saturated carbocycles. The van der Waals surface area contributed by atoms with Crippen LogP contribution in [0.25, 0.3) is 0 Å². The lowest BCUT2D eigenvalue weighted by Crippen LogP contribution is -2.14. The predicted molar refractivity (Wildman–Crippen MR) is 105 cm³/mol. The van der Waals surface area contributed by atoms with Gasteiger partial charge >= 0.3 is 0 Å². The molecule has 0 aliphatic rings. The first kappa shape index (κ1) is 19.3. The molecule has 134 valence electrons. The molecule has 1 N–H and O–H groups in total. The van der Waals surface area contributed by atoms with Gasteiger partial charge < -0.3 is 14.8 Å². The van der Waals surface area contributed by atoms with Crippen LogP contribution in [0.15, 0.2) is 46.9 Å². The average Bonchev–Trinajstić information content (AvgIpc) is 2.56. The molecule has 0 aliphatic carbocycles. The molecule has 0 atom stereocenters. The van der Waals surface area contributed by atoms with Gasteiger partial charge in [0.15, 0.2) is 0 Å². The van der Waals surface area contributed by atoms with Gasteiger partial charge in [-0.25, -0.2) is 0 Å². The molecule has 0 aliphatic heterocycles. The van der Waals surface area contributed by atoms with E-state index < -0.39 is 0 Å². The van der Waals surface area contributed by atoms with Crippen LogP contribution in [0.2, 0.25) is 0 Å². The predicted octanol–water partition coefficient (Wildman–Crippen LogP) is 5.53. The van der Waals surface area contributed by atoms with Gasteiger partial charge in [-0.15, -0.1) is 0 Å². The van der Waals surface area contributed by atoms with E-state index in [9.17, 15) is 4.79 Å². The second kappa shape index (κ2) is 9.47. The molecule has 1 amide bonds. The van der Waals surface area contributed by atoms with E-state index in [0.717, 1.165) is 16.6 Å². The van der Waals surface area contributed by atoms with Crippen LogP contribution in [-0.4, -0.2) is 19.1 Å². The highest BCUT2D eigenvalue weighted by Crippen LogP contribution is 2.25. The Hall–Kier alpha value is -2.01. The molecule has 0 saturated heterocycles. The van der Waals surface area contributed by atoms with Gasteiger partial charge in [-0.3, -0.25) is 4.79 Å². The number of ether oxygens (including phenoxy) is 2. The summed E-state index contributed by atoms with van der Waals surface area (Å²) in [5, 5.41) is 2.90. The summed E-state index contributed by atoms with van der Waals surface area (Å²) in [6.45, 7) is 7.37. The van der Waals surface area contributed by atoms with E-state index >= 15 is 0 Å².